The molecule has 0 fully saturated rings. The summed E-state index contributed by atoms with van der Waals surface area (Å²) in [7, 11) is 0. The lowest BCUT2D eigenvalue weighted by atomic mass is 10.1. The van der Waals surface area contributed by atoms with Gasteiger partial charge in [0, 0.05) is 24.3 Å². The summed E-state index contributed by atoms with van der Waals surface area (Å²) in [5.41, 5.74) is 0.713. The Morgan fingerprint density at radius 2 is 0.810 bits per heavy atom. The van der Waals surface area contributed by atoms with Gasteiger partial charge in [-0.05, 0) is 60.7 Å². The van der Waals surface area contributed by atoms with Gasteiger partial charge in [-0.3, -0.25) is 39.4 Å². The van der Waals surface area contributed by atoms with Crippen LogP contribution in [0.25, 0.3) is 0 Å². The molecule has 4 aromatic carbocycles. The molecular weight excluding hydrogens is 548 g/mol. The van der Waals surface area contributed by atoms with Crippen molar-refractivity contribution < 1.29 is 29.0 Å². The Balaban J connectivity index is 1.16. The van der Waals surface area contributed by atoms with E-state index in [1.165, 1.54) is 60.7 Å². The lowest BCUT2D eigenvalue weighted by molar-refractivity contribution is -0.385. The van der Waals surface area contributed by atoms with Crippen LogP contribution in [0, 0.1) is 20.2 Å². The van der Waals surface area contributed by atoms with E-state index in [-0.39, 0.29) is 45.0 Å². The van der Waals surface area contributed by atoms with Gasteiger partial charge in [0.15, 0.2) is 0 Å². The third kappa shape index (κ3) is 4.15. The maximum atomic E-state index is 12.8. The fourth-order valence-electron chi connectivity index (χ4n) is 4.61. The molecule has 14 heteroatoms. The van der Waals surface area contributed by atoms with E-state index in [4.69, 9.17) is 0 Å². The fraction of sp³-hybridized carbons (Fsp3) is 0. The van der Waals surface area contributed by atoms with Gasteiger partial charge in [0.25, 0.3) is 35.0 Å². The van der Waals surface area contributed by atoms with Gasteiger partial charge in [-0.2, -0.15) is 10.2 Å². The Bertz CT molecular complexity index is 1780. The third-order valence-electron chi connectivity index (χ3n) is 6.66. The number of nitrogens with zero attached hydrogens (tertiary/aromatic N) is 6. The number of azo groups is 1. The molecule has 2 aliphatic rings. The summed E-state index contributed by atoms with van der Waals surface area (Å²) in [5.74, 6) is -2.56. The van der Waals surface area contributed by atoms with Crippen LogP contribution in [0.15, 0.2) is 95.2 Å². The number of nitro benzene ring substituents is 2. The highest BCUT2D eigenvalue weighted by Gasteiger charge is 2.39. The lowest BCUT2D eigenvalue weighted by Crippen LogP contribution is -2.29. The zero-order chi connectivity index (χ0) is 29.7. The molecule has 0 saturated carbocycles. The van der Waals surface area contributed by atoms with Crippen LogP contribution in [0.2, 0.25) is 0 Å². The minimum Gasteiger partial charge on any atom is -0.268 e. The van der Waals surface area contributed by atoms with Crippen LogP contribution < -0.4 is 9.80 Å². The molecule has 0 N–H and O–H groups in total. The second kappa shape index (κ2) is 9.63. The number of nitro groups is 2. The van der Waals surface area contributed by atoms with Crippen LogP contribution in [0.3, 0.4) is 0 Å². The highest BCUT2D eigenvalue weighted by molar-refractivity contribution is 6.35. The standard InChI is InChI=1S/C28H14N6O8/c35-25-21-11-9-19(33(39)40)13-23(21)27(37)31(25)17-5-1-15(2-6-17)29-30-16-3-7-18(8-4-16)32-26(36)22-12-10-20(34(41)42)14-24(22)28(32)38/h1-14H. The van der Waals surface area contributed by atoms with E-state index in [9.17, 15) is 39.4 Å². The van der Waals surface area contributed by atoms with Gasteiger partial charge in [-0.1, -0.05) is 0 Å². The molecule has 4 amide bonds. The van der Waals surface area contributed by atoms with E-state index in [0.717, 1.165) is 34.1 Å². The summed E-state index contributed by atoms with van der Waals surface area (Å²) < 4.78 is 0. The van der Waals surface area contributed by atoms with Crippen molar-refractivity contribution >= 4 is 57.8 Å². The zero-order valence-electron chi connectivity index (χ0n) is 21.0. The van der Waals surface area contributed by atoms with E-state index >= 15 is 0 Å². The molecule has 204 valence electrons. The van der Waals surface area contributed by atoms with Crippen molar-refractivity contribution in [2.45, 2.75) is 0 Å². The number of amides is 4. The minimum absolute atomic E-state index is 0.0519. The number of hydrogen-bond donors (Lipinski definition) is 0. The van der Waals surface area contributed by atoms with Gasteiger partial charge in [0.1, 0.15) is 0 Å². The minimum atomic E-state index is -0.676. The first kappa shape index (κ1) is 25.8. The van der Waals surface area contributed by atoms with Crippen molar-refractivity contribution in [3.63, 3.8) is 0 Å². The van der Waals surface area contributed by atoms with Crippen molar-refractivity contribution in [2.24, 2.45) is 10.2 Å². The van der Waals surface area contributed by atoms with E-state index in [1.807, 2.05) is 0 Å². The normalized spacial score (nSPS) is 14.1. The molecule has 0 radical (unpaired) electrons. The van der Waals surface area contributed by atoms with Crippen molar-refractivity contribution in [3.05, 3.63) is 127 Å². The Hall–Kier alpha value is -6.44. The molecule has 42 heavy (non-hydrogen) atoms. The van der Waals surface area contributed by atoms with Gasteiger partial charge in [0.2, 0.25) is 0 Å². The SMILES string of the molecule is O=C1c2ccc([N+](=O)[O-])cc2C(=O)N1c1ccc(N=Nc2ccc(N3C(=O)c4ccc([N+](=O)[O-])cc4C3=O)cc2)cc1. The molecule has 6 rings (SSSR count). The molecule has 0 spiro atoms. The number of carbonyl (C=O) groups excluding carboxylic acids is 4. The Labute approximate surface area is 234 Å². The summed E-state index contributed by atoms with van der Waals surface area (Å²) in [4.78, 5) is 73.8. The van der Waals surface area contributed by atoms with Gasteiger partial charge in [0.05, 0.1) is 54.8 Å². The predicted octanol–water partition coefficient (Wildman–Crippen LogP) is 5.52. The number of carbonyl (C=O) groups is 4. The Morgan fingerprint density at radius 1 is 0.476 bits per heavy atom. The number of hydrogen-bond acceptors (Lipinski definition) is 10. The second-order valence-electron chi connectivity index (χ2n) is 9.10. The van der Waals surface area contributed by atoms with Crippen LogP contribution in [0.5, 0.6) is 0 Å². The van der Waals surface area contributed by atoms with E-state index < -0.39 is 33.5 Å². The number of rotatable bonds is 6. The number of fused-ring (bicyclic) bond motifs is 2. The van der Waals surface area contributed by atoms with Gasteiger partial charge in [-0.15, -0.1) is 0 Å². The Kier molecular flexibility index (Phi) is 5.92. The summed E-state index contributed by atoms with van der Waals surface area (Å²) >= 11 is 0. The molecule has 2 aliphatic heterocycles. The summed E-state index contributed by atoms with van der Waals surface area (Å²) in [6.07, 6.45) is 0. The number of imide groups is 2. The van der Waals surface area contributed by atoms with Crippen LogP contribution in [-0.4, -0.2) is 33.5 Å². The monoisotopic (exact) mass is 562 g/mol. The van der Waals surface area contributed by atoms with Crippen molar-refractivity contribution in [3.8, 4) is 0 Å². The number of benzene rings is 4. The van der Waals surface area contributed by atoms with Crippen LogP contribution in [0.1, 0.15) is 41.4 Å². The van der Waals surface area contributed by atoms with E-state index in [1.54, 1.807) is 0 Å². The van der Waals surface area contributed by atoms with Gasteiger partial charge >= 0.3 is 0 Å². The third-order valence-corrected chi connectivity index (χ3v) is 6.66. The molecule has 0 bridgehead atoms. The largest absolute Gasteiger partial charge is 0.270 e. The van der Waals surface area contributed by atoms with E-state index in [2.05, 4.69) is 10.2 Å². The topological polar surface area (TPSA) is 186 Å². The first-order valence-corrected chi connectivity index (χ1v) is 12.1. The molecule has 2 heterocycles. The fourth-order valence-corrected chi connectivity index (χ4v) is 4.61. The highest BCUT2D eigenvalue weighted by atomic mass is 16.6. The molecule has 0 unspecified atom stereocenters. The average Bonchev–Trinajstić information content (AvgIpc) is 3.40. The van der Waals surface area contributed by atoms with Crippen molar-refractivity contribution in [1.29, 1.82) is 0 Å². The van der Waals surface area contributed by atoms with Crippen molar-refractivity contribution in [1.82, 2.24) is 0 Å². The highest BCUT2D eigenvalue weighted by Crippen LogP contribution is 2.34. The van der Waals surface area contributed by atoms with Crippen LogP contribution in [-0.2, 0) is 0 Å². The van der Waals surface area contributed by atoms with Crippen LogP contribution in [0.4, 0.5) is 34.1 Å². The molecule has 0 atom stereocenters. The molecule has 0 aromatic heterocycles. The molecule has 4 aromatic rings. The summed E-state index contributed by atoms with van der Waals surface area (Å²) in [6, 6.07) is 19.0. The van der Waals surface area contributed by atoms with E-state index in [0.29, 0.717) is 11.4 Å². The average molecular weight is 562 g/mol. The van der Waals surface area contributed by atoms with Gasteiger partial charge in [-0.25, -0.2) is 9.80 Å². The van der Waals surface area contributed by atoms with Gasteiger partial charge < -0.3 is 0 Å². The molecule has 14 nitrogen and oxygen atoms in total. The molecular formula is C28H14N6O8. The molecule has 0 saturated heterocycles. The first-order valence-electron chi connectivity index (χ1n) is 12.1. The first-order chi connectivity index (χ1) is 20.1. The quantitative estimate of drug-likeness (QED) is 0.127. The number of non-ortho nitro benzene ring substituents is 2. The maximum Gasteiger partial charge on any atom is 0.270 e. The Morgan fingerprint density at radius 3 is 1.14 bits per heavy atom. The molecule has 0 aliphatic carbocycles. The zero-order valence-corrected chi connectivity index (χ0v) is 21.0. The summed E-state index contributed by atoms with van der Waals surface area (Å²) in [5, 5.41) is 30.3. The maximum absolute atomic E-state index is 12.8. The smallest absolute Gasteiger partial charge is 0.268 e. The van der Waals surface area contributed by atoms with Crippen molar-refractivity contribution in [2.75, 3.05) is 9.80 Å². The summed E-state index contributed by atoms with van der Waals surface area (Å²) in [6.45, 7) is 0. The second-order valence-corrected chi connectivity index (χ2v) is 9.10. The predicted molar refractivity (Wildman–Crippen MR) is 146 cm³/mol. The number of anilines is 2. The van der Waals surface area contributed by atoms with Crippen LogP contribution >= 0.6 is 0 Å². The lowest BCUT2D eigenvalue weighted by Gasteiger charge is -2.14.